The summed E-state index contributed by atoms with van der Waals surface area (Å²) in [5, 5.41) is 19.4. The average molecular weight is 278 g/mol. The third-order valence-corrected chi connectivity index (χ3v) is 3.15. The molecular weight excluding hydrogens is 264 g/mol. The van der Waals surface area contributed by atoms with Gasteiger partial charge in [-0.3, -0.25) is 4.79 Å². The number of hydrogen-bond donors (Lipinski definition) is 2. The van der Waals surface area contributed by atoms with Gasteiger partial charge in [-0.05, 0) is 31.4 Å². The average Bonchev–Trinajstić information content (AvgIpc) is 2.43. The van der Waals surface area contributed by atoms with E-state index in [0.717, 1.165) is 4.90 Å². The highest BCUT2D eigenvalue weighted by Crippen LogP contribution is 2.18. The van der Waals surface area contributed by atoms with Crippen LogP contribution in [-0.2, 0) is 0 Å². The fourth-order valence-electron chi connectivity index (χ4n) is 1.46. The van der Waals surface area contributed by atoms with Gasteiger partial charge in [0.25, 0.3) is 5.91 Å². The highest BCUT2D eigenvalue weighted by Gasteiger charge is 2.11. The number of fused-ring (bicyclic) bond motifs is 1. The van der Waals surface area contributed by atoms with Gasteiger partial charge in [0.1, 0.15) is 5.52 Å². The van der Waals surface area contributed by atoms with Gasteiger partial charge in [-0.1, -0.05) is 0 Å². The van der Waals surface area contributed by atoms with Crippen LogP contribution in [0.3, 0.4) is 0 Å². The SMILES string of the molecule is CSc1ccc2nnc(C(=O)NC[C@H](C)O)nc2c1. The number of aliphatic hydroxyl groups is 1. The predicted molar refractivity (Wildman–Crippen MR) is 73.1 cm³/mol. The van der Waals surface area contributed by atoms with E-state index < -0.39 is 12.0 Å². The van der Waals surface area contributed by atoms with Crippen LogP contribution in [0.1, 0.15) is 17.5 Å². The standard InChI is InChI=1S/C12H14N4O2S/c1-7(17)6-13-12(18)11-14-10-5-8(19-2)3-4-9(10)15-16-11/h3-5,7,17H,6H2,1-2H3,(H,13,18)/t7-/m0/s1. The van der Waals surface area contributed by atoms with Crippen molar-refractivity contribution in [3.8, 4) is 0 Å². The summed E-state index contributed by atoms with van der Waals surface area (Å²) < 4.78 is 0. The molecule has 0 unspecified atom stereocenters. The minimum Gasteiger partial charge on any atom is -0.392 e. The summed E-state index contributed by atoms with van der Waals surface area (Å²) in [5.74, 6) is -0.434. The summed E-state index contributed by atoms with van der Waals surface area (Å²) >= 11 is 1.59. The minimum atomic E-state index is -0.611. The van der Waals surface area contributed by atoms with Crippen LogP contribution < -0.4 is 5.32 Å². The van der Waals surface area contributed by atoms with Crippen LogP contribution in [0.15, 0.2) is 23.1 Å². The van der Waals surface area contributed by atoms with Gasteiger partial charge in [0, 0.05) is 11.4 Å². The van der Waals surface area contributed by atoms with Gasteiger partial charge in [-0.15, -0.1) is 22.0 Å². The number of thioether (sulfide) groups is 1. The van der Waals surface area contributed by atoms with E-state index in [4.69, 9.17) is 5.11 Å². The number of aliphatic hydroxyl groups excluding tert-OH is 1. The lowest BCUT2D eigenvalue weighted by Gasteiger charge is -2.06. The van der Waals surface area contributed by atoms with E-state index >= 15 is 0 Å². The van der Waals surface area contributed by atoms with Crippen LogP contribution in [0.4, 0.5) is 0 Å². The Kier molecular flexibility index (Phi) is 4.28. The quantitative estimate of drug-likeness (QED) is 0.806. The molecule has 0 saturated carbocycles. The number of carbonyl (C=O) groups is 1. The second kappa shape index (κ2) is 5.94. The molecule has 0 aliphatic rings. The Hall–Kier alpha value is -1.73. The van der Waals surface area contributed by atoms with Crippen molar-refractivity contribution in [3.63, 3.8) is 0 Å². The maximum atomic E-state index is 11.8. The Labute approximate surface area is 114 Å². The number of amides is 1. The summed E-state index contributed by atoms with van der Waals surface area (Å²) in [5.41, 5.74) is 1.27. The zero-order chi connectivity index (χ0) is 13.8. The number of hydrogen-bond acceptors (Lipinski definition) is 6. The molecule has 0 aliphatic heterocycles. The smallest absolute Gasteiger partial charge is 0.291 e. The molecule has 7 heteroatoms. The zero-order valence-electron chi connectivity index (χ0n) is 10.6. The summed E-state index contributed by atoms with van der Waals surface area (Å²) in [7, 11) is 0. The molecule has 2 N–H and O–H groups in total. The summed E-state index contributed by atoms with van der Waals surface area (Å²) in [4.78, 5) is 17.0. The van der Waals surface area contributed by atoms with Crippen molar-refractivity contribution in [1.29, 1.82) is 0 Å². The van der Waals surface area contributed by atoms with Crippen LogP contribution in [-0.4, -0.2) is 45.1 Å². The van der Waals surface area contributed by atoms with E-state index in [1.165, 1.54) is 0 Å². The monoisotopic (exact) mass is 278 g/mol. The second-order valence-corrected chi connectivity index (χ2v) is 4.93. The van der Waals surface area contributed by atoms with Crippen LogP contribution in [0.25, 0.3) is 11.0 Å². The lowest BCUT2D eigenvalue weighted by atomic mass is 10.3. The Morgan fingerprint density at radius 3 is 2.89 bits per heavy atom. The van der Waals surface area contributed by atoms with Gasteiger partial charge >= 0.3 is 0 Å². The number of nitrogens with one attached hydrogen (secondary N) is 1. The van der Waals surface area contributed by atoms with Crippen molar-refractivity contribution in [2.45, 2.75) is 17.9 Å². The first-order chi connectivity index (χ1) is 9.10. The first kappa shape index (κ1) is 13.7. The molecule has 2 rings (SSSR count). The van der Waals surface area contributed by atoms with Crippen molar-refractivity contribution < 1.29 is 9.90 Å². The Morgan fingerprint density at radius 1 is 1.42 bits per heavy atom. The lowest BCUT2D eigenvalue weighted by molar-refractivity contribution is 0.0913. The van der Waals surface area contributed by atoms with Gasteiger partial charge in [-0.2, -0.15) is 0 Å². The van der Waals surface area contributed by atoms with E-state index in [2.05, 4.69) is 20.5 Å². The van der Waals surface area contributed by atoms with E-state index in [9.17, 15) is 4.79 Å². The van der Waals surface area contributed by atoms with Crippen LogP contribution in [0.2, 0.25) is 0 Å². The molecule has 19 heavy (non-hydrogen) atoms. The molecule has 1 aromatic carbocycles. The highest BCUT2D eigenvalue weighted by molar-refractivity contribution is 7.98. The number of aromatic nitrogens is 3. The lowest BCUT2D eigenvalue weighted by Crippen LogP contribution is -2.31. The summed E-state index contributed by atoms with van der Waals surface area (Å²) in [6, 6.07) is 5.61. The van der Waals surface area contributed by atoms with Gasteiger partial charge in [0.2, 0.25) is 5.82 Å². The molecule has 100 valence electrons. The summed E-state index contributed by atoms with van der Waals surface area (Å²) in [6.07, 6.45) is 1.35. The molecule has 2 aromatic rings. The molecule has 0 radical (unpaired) electrons. The topological polar surface area (TPSA) is 88.0 Å². The van der Waals surface area contributed by atoms with Gasteiger partial charge in [-0.25, -0.2) is 4.98 Å². The molecule has 0 bridgehead atoms. The fourth-order valence-corrected chi connectivity index (χ4v) is 1.89. The third-order valence-electron chi connectivity index (χ3n) is 2.42. The normalized spacial score (nSPS) is 12.4. The second-order valence-electron chi connectivity index (χ2n) is 4.05. The van der Waals surface area contributed by atoms with Gasteiger partial charge in [0.05, 0.1) is 11.6 Å². The molecule has 1 atom stereocenters. The van der Waals surface area contributed by atoms with Crippen molar-refractivity contribution in [1.82, 2.24) is 20.5 Å². The van der Waals surface area contributed by atoms with Crippen molar-refractivity contribution in [3.05, 3.63) is 24.0 Å². The Bertz CT molecular complexity index is 603. The van der Waals surface area contributed by atoms with Crippen LogP contribution >= 0.6 is 11.8 Å². The number of carbonyl (C=O) groups excluding carboxylic acids is 1. The van der Waals surface area contributed by atoms with E-state index in [1.807, 2.05) is 24.5 Å². The Morgan fingerprint density at radius 2 is 2.21 bits per heavy atom. The van der Waals surface area contributed by atoms with Crippen molar-refractivity contribution in [2.24, 2.45) is 0 Å². The number of rotatable bonds is 4. The minimum absolute atomic E-state index is 0.00593. The molecule has 1 heterocycles. The molecule has 1 aromatic heterocycles. The molecule has 1 amide bonds. The maximum Gasteiger partial charge on any atom is 0.291 e. The van der Waals surface area contributed by atoms with E-state index in [1.54, 1.807) is 18.7 Å². The molecule has 6 nitrogen and oxygen atoms in total. The predicted octanol–water partition coefficient (Wildman–Crippen LogP) is 0.857. The molecule has 0 saturated heterocycles. The molecule has 0 aliphatic carbocycles. The number of benzene rings is 1. The van der Waals surface area contributed by atoms with Gasteiger partial charge < -0.3 is 10.4 Å². The number of nitrogens with zero attached hydrogens (tertiary/aromatic N) is 3. The van der Waals surface area contributed by atoms with Crippen LogP contribution in [0.5, 0.6) is 0 Å². The molecule has 0 spiro atoms. The Balaban J connectivity index is 2.27. The summed E-state index contributed by atoms with van der Waals surface area (Å²) in [6.45, 7) is 1.75. The maximum absolute atomic E-state index is 11.8. The first-order valence-electron chi connectivity index (χ1n) is 5.75. The van der Waals surface area contributed by atoms with Gasteiger partial charge in [0.15, 0.2) is 0 Å². The van der Waals surface area contributed by atoms with Crippen molar-refractivity contribution >= 4 is 28.7 Å². The first-order valence-corrected chi connectivity index (χ1v) is 6.97. The van der Waals surface area contributed by atoms with Crippen LogP contribution in [0, 0.1) is 0 Å². The van der Waals surface area contributed by atoms with Crippen molar-refractivity contribution in [2.75, 3.05) is 12.8 Å². The third kappa shape index (κ3) is 3.39. The molecule has 0 fully saturated rings. The zero-order valence-corrected chi connectivity index (χ0v) is 11.4. The van der Waals surface area contributed by atoms with E-state index in [-0.39, 0.29) is 12.4 Å². The largest absolute Gasteiger partial charge is 0.392 e. The molecular formula is C12H14N4O2S. The highest BCUT2D eigenvalue weighted by atomic mass is 32.2. The fraction of sp³-hybridized carbons (Fsp3) is 0.333. The van der Waals surface area contributed by atoms with E-state index in [0.29, 0.717) is 11.0 Å².